The predicted octanol–water partition coefficient (Wildman–Crippen LogP) is 4.91. The van der Waals surface area contributed by atoms with Gasteiger partial charge in [-0.1, -0.05) is 12.1 Å². The van der Waals surface area contributed by atoms with Crippen molar-refractivity contribution < 1.29 is 27.6 Å². The number of aromatic nitrogens is 3. The topological polar surface area (TPSA) is 88.8 Å². The molecule has 2 amide bonds. The summed E-state index contributed by atoms with van der Waals surface area (Å²) in [6, 6.07) is 8.89. The summed E-state index contributed by atoms with van der Waals surface area (Å²) in [5, 5.41) is 3.10. The molecule has 0 radical (unpaired) electrons. The Morgan fingerprint density at radius 1 is 1.24 bits per heavy atom. The van der Waals surface area contributed by atoms with Gasteiger partial charge in [0.2, 0.25) is 0 Å². The van der Waals surface area contributed by atoms with Gasteiger partial charge >= 0.3 is 18.7 Å². The average molecular weight is 489 g/mol. The van der Waals surface area contributed by atoms with Gasteiger partial charge in [-0.25, -0.2) is 14.8 Å². The van der Waals surface area contributed by atoms with Crippen molar-refractivity contribution in [1.29, 1.82) is 0 Å². The Morgan fingerprint density at radius 3 is 2.71 bits per heavy atom. The molecule has 0 aliphatic carbocycles. The van der Waals surface area contributed by atoms with E-state index >= 15 is 0 Å². The monoisotopic (exact) mass is 489 g/mol. The van der Waals surface area contributed by atoms with Crippen molar-refractivity contribution in [3.05, 3.63) is 59.5 Å². The number of thiazole rings is 1. The highest BCUT2D eigenvalue weighted by atomic mass is 32.1. The van der Waals surface area contributed by atoms with Crippen LogP contribution >= 0.6 is 11.3 Å². The molecule has 3 heterocycles. The highest BCUT2D eigenvalue weighted by molar-refractivity contribution is 7.15. The van der Waals surface area contributed by atoms with Crippen molar-refractivity contribution in [2.45, 2.75) is 20.0 Å². The fraction of sp³-hybridized carbons (Fsp3) is 0.182. The van der Waals surface area contributed by atoms with Gasteiger partial charge in [0.05, 0.1) is 33.2 Å². The van der Waals surface area contributed by atoms with E-state index in [1.807, 2.05) is 36.6 Å². The number of benzene rings is 1. The van der Waals surface area contributed by atoms with Crippen LogP contribution in [0.5, 0.6) is 0 Å². The fourth-order valence-electron chi connectivity index (χ4n) is 3.44. The number of hydrogen-bond acceptors (Lipinski definition) is 6. The minimum atomic E-state index is -4.61. The maximum Gasteiger partial charge on any atom is 0.405 e. The summed E-state index contributed by atoms with van der Waals surface area (Å²) in [7, 11) is 0. The molecule has 0 spiro atoms. The lowest BCUT2D eigenvalue weighted by molar-refractivity contribution is -0.129. The molecule has 176 valence electrons. The van der Waals surface area contributed by atoms with Gasteiger partial charge in [-0.05, 0) is 43.7 Å². The second-order valence-electron chi connectivity index (χ2n) is 7.25. The van der Waals surface area contributed by atoms with Crippen molar-refractivity contribution >= 4 is 35.2 Å². The third-order valence-electron chi connectivity index (χ3n) is 4.83. The van der Waals surface area contributed by atoms with E-state index in [0.29, 0.717) is 22.0 Å². The standard InChI is InChI=1S/C22H18F3N5O3S/c1-13-20(34-14(2)28-13)16-6-7-29-18(10-26-19(29)9-16)15-4-3-5-17(8-15)30(33-12-31)21(32)27-11-22(23,24)25/h3-10,12H,11H2,1-2H3,(H,27,32). The molecule has 0 bridgehead atoms. The van der Waals surface area contributed by atoms with Crippen LogP contribution in [0.15, 0.2) is 48.8 Å². The van der Waals surface area contributed by atoms with Crippen LogP contribution in [0.25, 0.3) is 27.3 Å². The number of nitrogens with zero attached hydrogens (tertiary/aromatic N) is 4. The zero-order chi connectivity index (χ0) is 24.5. The number of aryl methyl sites for hydroxylation is 2. The van der Waals surface area contributed by atoms with E-state index in [1.54, 1.807) is 35.0 Å². The Hall–Kier alpha value is -3.93. The number of alkyl halides is 3. The van der Waals surface area contributed by atoms with Crippen molar-refractivity contribution in [3.8, 4) is 21.7 Å². The average Bonchev–Trinajstić information content (AvgIpc) is 3.37. The number of amides is 2. The van der Waals surface area contributed by atoms with E-state index < -0.39 is 18.8 Å². The first-order valence-electron chi connectivity index (χ1n) is 9.93. The molecule has 1 N–H and O–H groups in total. The number of halogens is 3. The third-order valence-corrected chi connectivity index (χ3v) is 5.95. The molecule has 1 aromatic carbocycles. The van der Waals surface area contributed by atoms with Gasteiger partial charge in [0.15, 0.2) is 0 Å². The molecule has 34 heavy (non-hydrogen) atoms. The van der Waals surface area contributed by atoms with Crippen molar-refractivity contribution in [3.63, 3.8) is 0 Å². The minimum absolute atomic E-state index is 0.0429. The first-order valence-corrected chi connectivity index (χ1v) is 10.7. The van der Waals surface area contributed by atoms with Crippen LogP contribution < -0.4 is 10.4 Å². The molecular formula is C22H18F3N5O3S. The molecular weight excluding hydrogens is 471 g/mol. The van der Waals surface area contributed by atoms with Crippen molar-refractivity contribution in [2.75, 3.05) is 11.6 Å². The Labute approximate surface area is 195 Å². The number of imidazole rings is 1. The minimum Gasteiger partial charge on any atom is -0.335 e. The van der Waals surface area contributed by atoms with Crippen LogP contribution in [0, 0.1) is 13.8 Å². The third kappa shape index (κ3) is 4.86. The van der Waals surface area contributed by atoms with Crippen LogP contribution in [0.2, 0.25) is 0 Å². The van der Waals surface area contributed by atoms with Gasteiger partial charge in [-0.2, -0.15) is 13.2 Å². The van der Waals surface area contributed by atoms with Crippen LogP contribution in [-0.2, 0) is 9.63 Å². The summed E-state index contributed by atoms with van der Waals surface area (Å²) in [5.41, 5.74) is 3.92. The van der Waals surface area contributed by atoms with E-state index in [2.05, 4.69) is 14.8 Å². The molecule has 0 saturated heterocycles. The largest absolute Gasteiger partial charge is 0.405 e. The summed E-state index contributed by atoms with van der Waals surface area (Å²) in [6.45, 7) is 2.28. The van der Waals surface area contributed by atoms with Crippen molar-refractivity contribution in [1.82, 2.24) is 19.7 Å². The highest BCUT2D eigenvalue weighted by Crippen LogP contribution is 2.32. The summed E-state index contributed by atoms with van der Waals surface area (Å²) < 4.78 is 39.2. The number of anilines is 1. The number of urea groups is 1. The van der Waals surface area contributed by atoms with Gasteiger partial charge < -0.3 is 10.2 Å². The van der Waals surface area contributed by atoms with Crippen LogP contribution in [0.1, 0.15) is 10.7 Å². The SMILES string of the molecule is Cc1nc(C)c(-c2ccn3c(-c4cccc(N(OC=O)C(=O)NCC(F)(F)F)c4)cnc3c2)s1. The molecule has 0 atom stereocenters. The second-order valence-corrected chi connectivity index (χ2v) is 8.46. The van der Waals surface area contributed by atoms with Crippen molar-refractivity contribution in [2.24, 2.45) is 0 Å². The lowest BCUT2D eigenvalue weighted by Crippen LogP contribution is -2.43. The molecule has 4 rings (SSSR count). The van der Waals surface area contributed by atoms with Gasteiger partial charge in [0.1, 0.15) is 12.2 Å². The van der Waals surface area contributed by atoms with E-state index in [9.17, 15) is 22.8 Å². The molecule has 0 aliphatic heterocycles. The van der Waals surface area contributed by atoms with Crippen LogP contribution in [-0.4, -0.2) is 39.6 Å². The number of carbonyl (C=O) groups is 2. The fourth-order valence-corrected chi connectivity index (χ4v) is 4.36. The van der Waals surface area contributed by atoms with E-state index in [-0.39, 0.29) is 12.2 Å². The smallest absolute Gasteiger partial charge is 0.335 e. The predicted molar refractivity (Wildman–Crippen MR) is 120 cm³/mol. The quantitative estimate of drug-likeness (QED) is 0.307. The maximum atomic E-state index is 12.5. The number of carbonyl (C=O) groups excluding carboxylic acids is 2. The zero-order valence-electron chi connectivity index (χ0n) is 18.0. The molecule has 0 unspecified atom stereocenters. The zero-order valence-corrected chi connectivity index (χ0v) is 18.8. The number of hydroxylamine groups is 1. The van der Waals surface area contributed by atoms with E-state index in [1.165, 1.54) is 12.1 Å². The molecule has 4 aromatic rings. The Morgan fingerprint density at radius 2 is 2.03 bits per heavy atom. The lowest BCUT2D eigenvalue weighted by Gasteiger charge is -2.20. The van der Waals surface area contributed by atoms with Gasteiger partial charge in [-0.3, -0.25) is 9.20 Å². The number of rotatable bonds is 6. The second kappa shape index (κ2) is 9.14. The van der Waals surface area contributed by atoms with Gasteiger partial charge in [0.25, 0.3) is 0 Å². The normalized spacial score (nSPS) is 11.4. The van der Waals surface area contributed by atoms with Gasteiger partial charge in [-0.15, -0.1) is 16.4 Å². The molecule has 0 fully saturated rings. The molecule has 12 heteroatoms. The number of pyridine rings is 1. The van der Waals surface area contributed by atoms with Crippen LogP contribution in [0.3, 0.4) is 0 Å². The molecule has 3 aromatic heterocycles. The summed E-state index contributed by atoms with van der Waals surface area (Å²) in [4.78, 5) is 37.7. The van der Waals surface area contributed by atoms with E-state index in [4.69, 9.17) is 0 Å². The molecule has 0 aliphatic rings. The summed E-state index contributed by atoms with van der Waals surface area (Å²) >= 11 is 1.59. The number of nitrogens with one attached hydrogen (secondary N) is 1. The number of fused-ring (bicyclic) bond motifs is 1. The Balaban J connectivity index is 1.66. The Kier molecular flexibility index (Phi) is 6.24. The highest BCUT2D eigenvalue weighted by Gasteiger charge is 2.30. The molecule has 0 saturated carbocycles. The van der Waals surface area contributed by atoms with Crippen LogP contribution in [0.4, 0.5) is 23.7 Å². The Bertz CT molecular complexity index is 1370. The lowest BCUT2D eigenvalue weighted by atomic mass is 10.1. The van der Waals surface area contributed by atoms with Gasteiger partial charge in [0, 0.05) is 11.8 Å². The first kappa shape index (κ1) is 23.2. The van der Waals surface area contributed by atoms with E-state index in [0.717, 1.165) is 21.1 Å². The maximum absolute atomic E-state index is 12.5. The summed E-state index contributed by atoms with van der Waals surface area (Å²) in [5.74, 6) is 0. The first-order chi connectivity index (χ1) is 16.2. The molecule has 8 nitrogen and oxygen atoms in total. The number of hydrogen-bond donors (Lipinski definition) is 1. The summed E-state index contributed by atoms with van der Waals surface area (Å²) in [6.07, 6.45) is -1.13.